The van der Waals surface area contributed by atoms with Crippen molar-refractivity contribution >= 4 is 22.8 Å². The standard InChI is InChI=1S/C16H22N6O/c1-11-8-18-14-13(11)15(20-10-19-14)21-6-7-22(12(23)2-5-17)16(9-21)3-4-16/h8,10H,2-7,9,17H2,1H3,(H,18,19,20). The molecule has 0 atom stereocenters. The molecule has 2 fully saturated rings. The lowest BCUT2D eigenvalue weighted by Gasteiger charge is -2.43. The first-order valence-corrected chi connectivity index (χ1v) is 8.19. The lowest BCUT2D eigenvalue weighted by molar-refractivity contribution is -0.134. The van der Waals surface area contributed by atoms with Gasteiger partial charge >= 0.3 is 0 Å². The van der Waals surface area contributed by atoms with Crippen molar-refractivity contribution in [1.29, 1.82) is 0 Å². The largest absolute Gasteiger partial charge is 0.352 e. The van der Waals surface area contributed by atoms with E-state index in [4.69, 9.17) is 5.73 Å². The van der Waals surface area contributed by atoms with Crippen LogP contribution < -0.4 is 10.6 Å². The van der Waals surface area contributed by atoms with E-state index in [0.717, 1.165) is 54.9 Å². The number of carbonyl (C=O) groups is 1. The number of aryl methyl sites for hydroxylation is 1. The predicted octanol–water partition coefficient (Wildman–Crippen LogP) is 0.796. The first kappa shape index (κ1) is 14.4. The molecular formula is C16H22N6O. The molecule has 0 aromatic carbocycles. The van der Waals surface area contributed by atoms with Crippen LogP contribution in [0, 0.1) is 6.92 Å². The Hall–Kier alpha value is -2.15. The second kappa shape index (κ2) is 5.19. The Morgan fingerprint density at radius 3 is 2.96 bits per heavy atom. The van der Waals surface area contributed by atoms with Crippen LogP contribution in [-0.2, 0) is 4.79 Å². The Morgan fingerprint density at radius 2 is 2.22 bits per heavy atom. The molecule has 3 N–H and O–H groups in total. The summed E-state index contributed by atoms with van der Waals surface area (Å²) in [6.07, 6.45) is 6.16. The van der Waals surface area contributed by atoms with Crippen molar-refractivity contribution in [2.75, 3.05) is 31.1 Å². The average molecular weight is 314 g/mol. The number of piperazine rings is 1. The number of H-pyrrole nitrogens is 1. The van der Waals surface area contributed by atoms with Gasteiger partial charge in [0.05, 0.1) is 10.9 Å². The van der Waals surface area contributed by atoms with Crippen LogP contribution in [0.25, 0.3) is 11.0 Å². The highest BCUT2D eigenvalue weighted by Crippen LogP contribution is 2.45. The first-order valence-electron chi connectivity index (χ1n) is 8.19. The molecule has 2 aromatic heterocycles. The number of nitrogens with zero attached hydrogens (tertiary/aromatic N) is 4. The molecule has 1 spiro atoms. The van der Waals surface area contributed by atoms with E-state index in [1.807, 2.05) is 6.20 Å². The zero-order valence-electron chi connectivity index (χ0n) is 13.4. The number of nitrogens with one attached hydrogen (secondary N) is 1. The third kappa shape index (κ3) is 2.26. The Bertz CT molecular complexity index is 750. The van der Waals surface area contributed by atoms with Gasteiger partial charge in [-0.05, 0) is 25.3 Å². The van der Waals surface area contributed by atoms with E-state index < -0.39 is 0 Å². The molecule has 0 radical (unpaired) electrons. The lowest BCUT2D eigenvalue weighted by Crippen LogP contribution is -2.57. The van der Waals surface area contributed by atoms with Crippen LogP contribution in [0.4, 0.5) is 5.82 Å². The van der Waals surface area contributed by atoms with Crippen molar-refractivity contribution < 1.29 is 4.79 Å². The van der Waals surface area contributed by atoms with Gasteiger partial charge in [0, 0.05) is 38.8 Å². The van der Waals surface area contributed by atoms with Gasteiger partial charge in [-0.1, -0.05) is 0 Å². The molecule has 7 heteroatoms. The molecule has 23 heavy (non-hydrogen) atoms. The highest BCUT2D eigenvalue weighted by atomic mass is 16.2. The summed E-state index contributed by atoms with van der Waals surface area (Å²) in [5.41, 5.74) is 7.57. The molecule has 2 aliphatic rings. The fourth-order valence-electron chi connectivity index (χ4n) is 3.72. The van der Waals surface area contributed by atoms with Crippen LogP contribution in [0.15, 0.2) is 12.5 Å². The monoisotopic (exact) mass is 314 g/mol. The van der Waals surface area contributed by atoms with Crippen molar-refractivity contribution in [3.8, 4) is 0 Å². The van der Waals surface area contributed by atoms with E-state index >= 15 is 0 Å². The Balaban J connectivity index is 1.63. The number of nitrogens with two attached hydrogens (primary N) is 1. The van der Waals surface area contributed by atoms with Gasteiger partial charge in [0.15, 0.2) is 0 Å². The van der Waals surface area contributed by atoms with Crippen molar-refractivity contribution in [3.63, 3.8) is 0 Å². The molecule has 2 aromatic rings. The van der Waals surface area contributed by atoms with Gasteiger partial charge in [-0.15, -0.1) is 0 Å². The summed E-state index contributed by atoms with van der Waals surface area (Å²) in [4.78, 5) is 28.7. The first-order chi connectivity index (χ1) is 11.1. The molecule has 1 aliphatic carbocycles. The van der Waals surface area contributed by atoms with Crippen LogP contribution in [0.3, 0.4) is 0 Å². The van der Waals surface area contributed by atoms with Crippen LogP contribution in [0.1, 0.15) is 24.8 Å². The summed E-state index contributed by atoms with van der Waals surface area (Å²) in [7, 11) is 0. The summed E-state index contributed by atoms with van der Waals surface area (Å²) in [5.74, 6) is 1.17. The fourth-order valence-corrected chi connectivity index (χ4v) is 3.72. The number of hydrogen-bond acceptors (Lipinski definition) is 5. The van der Waals surface area contributed by atoms with E-state index in [1.54, 1.807) is 6.33 Å². The zero-order chi connectivity index (χ0) is 16.0. The molecular weight excluding hydrogens is 292 g/mol. The van der Waals surface area contributed by atoms with Gasteiger partial charge in [-0.25, -0.2) is 9.97 Å². The number of hydrogen-bond donors (Lipinski definition) is 2. The van der Waals surface area contributed by atoms with Crippen LogP contribution in [-0.4, -0.2) is 57.5 Å². The summed E-state index contributed by atoms with van der Waals surface area (Å²) >= 11 is 0. The summed E-state index contributed by atoms with van der Waals surface area (Å²) in [6, 6.07) is 0. The second-order valence-corrected chi connectivity index (χ2v) is 6.62. The number of anilines is 1. The molecule has 1 amide bonds. The fraction of sp³-hybridized carbons (Fsp3) is 0.562. The maximum atomic E-state index is 12.3. The number of aromatic amines is 1. The maximum Gasteiger partial charge on any atom is 0.224 e. The number of carbonyl (C=O) groups excluding carboxylic acids is 1. The molecule has 122 valence electrons. The lowest BCUT2D eigenvalue weighted by atomic mass is 10.1. The van der Waals surface area contributed by atoms with Crippen LogP contribution in [0.5, 0.6) is 0 Å². The summed E-state index contributed by atoms with van der Waals surface area (Å²) in [5, 5.41) is 1.09. The topological polar surface area (TPSA) is 91.1 Å². The smallest absolute Gasteiger partial charge is 0.224 e. The van der Waals surface area contributed by atoms with Crippen LogP contribution in [0.2, 0.25) is 0 Å². The summed E-state index contributed by atoms with van der Waals surface area (Å²) in [6.45, 7) is 4.88. The molecule has 1 saturated carbocycles. The van der Waals surface area contributed by atoms with Gasteiger partial charge in [0.1, 0.15) is 17.8 Å². The highest BCUT2D eigenvalue weighted by Gasteiger charge is 2.53. The molecule has 7 nitrogen and oxygen atoms in total. The second-order valence-electron chi connectivity index (χ2n) is 6.62. The molecule has 3 heterocycles. The zero-order valence-corrected chi connectivity index (χ0v) is 13.4. The summed E-state index contributed by atoms with van der Waals surface area (Å²) < 4.78 is 0. The number of aromatic nitrogens is 3. The van der Waals surface area contributed by atoms with E-state index in [0.29, 0.717) is 13.0 Å². The van der Waals surface area contributed by atoms with Gasteiger partial charge in [-0.2, -0.15) is 0 Å². The number of rotatable bonds is 3. The van der Waals surface area contributed by atoms with Crippen molar-refractivity contribution in [1.82, 2.24) is 19.9 Å². The Kier molecular flexibility index (Phi) is 3.26. The molecule has 4 rings (SSSR count). The van der Waals surface area contributed by atoms with Crippen molar-refractivity contribution in [2.24, 2.45) is 5.73 Å². The van der Waals surface area contributed by atoms with Gasteiger partial charge < -0.3 is 20.5 Å². The minimum Gasteiger partial charge on any atom is -0.352 e. The minimum absolute atomic E-state index is 0.00795. The normalized spacial score (nSPS) is 19.6. The Morgan fingerprint density at radius 1 is 1.39 bits per heavy atom. The van der Waals surface area contributed by atoms with Crippen molar-refractivity contribution in [3.05, 3.63) is 18.1 Å². The minimum atomic E-state index is -0.00795. The van der Waals surface area contributed by atoms with Gasteiger partial charge in [-0.3, -0.25) is 4.79 Å². The quantitative estimate of drug-likeness (QED) is 0.874. The average Bonchev–Trinajstić information content (AvgIpc) is 3.20. The third-order valence-electron chi connectivity index (χ3n) is 5.08. The van der Waals surface area contributed by atoms with E-state index in [2.05, 4.69) is 31.7 Å². The number of fused-ring (bicyclic) bond motifs is 1. The highest BCUT2D eigenvalue weighted by molar-refractivity contribution is 5.90. The Labute approximate surface area is 134 Å². The van der Waals surface area contributed by atoms with Crippen LogP contribution >= 0.6 is 0 Å². The van der Waals surface area contributed by atoms with E-state index in [1.165, 1.54) is 0 Å². The van der Waals surface area contributed by atoms with E-state index in [9.17, 15) is 4.79 Å². The molecule has 0 unspecified atom stereocenters. The van der Waals surface area contributed by atoms with Gasteiger partial charge in [0.2, 0.25) is 5.91 Å². The van der Waals surface area contributed by atoms with E-state index in [-0.39, 0.29) is 11.4 Å². The molecule has 0 bridgehead atoms. The number of amides is 1. The SMILES string of the molecule is Cc1c[nH]c2ncnc(N3CCN(C(=O)CCN)C4(CC4)C3)c12. The molecule has 1 saturated heterocycles. The molecule has 1 aliphatic heterocycles. The maximum absolute atomic E-state index is 12.3. The van der Waals surface area contributed by atoms with Gasteiger partial charge in [0.25, 0.3) is 0 Å². The predicted molar refractivity (Wildman–Crippen MR) is 88.2 cm³/mol. The third-order valence-corrected chi connectivity index (χ3v) is 5.08. The van der Waals surface area contributed by atoms with Crippen molar-refractivity contribution in [2.45, 2.75) is 31.7 Å².